The summed E-state index contributed by atoms with van der Waals surface area (Å²) in [5, 5.41) is 10.5. The van der Waals surface area contributed by atoms with Crippen molar-refractivity contribution in [3.8, 4) is 11.4 Å². The van der Waals surface area contributed by atoms with Crippen LogP contribution in [0.1, 0.15) is 61.6 Å². The van der Waals surface area contributed by atoms with E-state index in [2.05, 4.69) is 49.7 Å². The molecule has 16 heteroatoms. The van der Waals surface area contributed by atoms with Crippen LogP contribution in [0.15, 0.2) is 61.0 Å². The van der Waals surface area contributed by atoms with Crippen molar-refractivity contribution in [2.75, 3.05) is 27.7 Å². The second-order valence-electron chi connectivity index (χ2n) is 13.0. The van der Waals surface area contributed by atoms with E-state index in [0.717, 1.165) is 43.4 Å². The maximum Gasteiger partial charge on any atom is 0.418 e. The highest BCUT2D eigenvalue weighted by atomic mass is 32.2. The summed E-state index contributed by atoms with van der Waals surface area (Å²) in [6, 6.07) is 4.70. The molecular weight excluding hydrogens is 647 g/mol. The standard InChI is InChI=1S/C32H40F3N9O3S/c1-43(2)18-20-4-7-23(8-5-20)41-27-14-31(36,39-17-25(27)26-11-6-21(15-38-26)29(47-3)32(33,34)35)28-12-13-37-30(42-28)22-16-40-44(19-22)48(45,46)24-9-10-24/h6,11-17,19-20,23-24,29,39,41H,4-5,7-10,18,36H2,1-3H3. The van der Waals surface area contributed by atoms with E-state index in [9.17, 15) is 21.6 Å². The van der Waals surface area contributed by atoms with Crippen molar-refractivity contribution in [1.29, 1.82) is 0 Å². The summed E-state index contributed by atoms with van der Waals surface area (Å²) in [6.07, 6.45) is 7.54. The number of aromatic nitrogens is 5. The molecule has 0 amide bonds. The smallest absolute Gasteiger partial charge is 0.382 e. The van der Waals surface area contributed by atoms with Crippen LogP contribution < -0.4 is 16.4 Å². The number of nitrogens with one attached hydrogen (secondary N) is 2. The highest BCUT2D eigenvalue weighted by Crippen LogP contribution is 2.37. The van der Waals surface area contributed by atoms with E-state index in [4.69, 9.17) is 10.5 Å². The van der Waals surface area contributed by atoms with Gasteiger partial charge in [-0.05, 0) is 76.7 Å². The Hall–Kier alpha value is -3.86. The van der Waals surface area contributed by atoms with Crippen molar-refractivity contribution in [3.63, 3.8) is 0 Å². The van der Waals surface area contributed by atoms with Crippen molar-refractivity contribution < 1.29 is 26.3 Å². The van der Waals surface area contributed by atoms with Gasteiger partial charge in [-0.25, -0.2) is 18.4 Å². The number of nitrogens with zero attached hydrogens (tertiary/aromatic N) is 6. The quantitative estimate of drug-likeness (QED) is 0.271. The van der Waals surface area contributed by atoms with Crippen LogP contribution in [-0.2, 0) is 20.4 Å². The van der Waals surface area contributed by atoms with Gasteiger partial charge in [-0.1, -0.05) is 6.07 Å². The largest absolute Gasteiger partial charge is 0.418 e. The number of nitrogens with two attached hydrogens (primary N) is 1. The molecular formula is C32H40F3N9O3S. The fraction of sp³-hybridized carbons (Fsp3) is 0.500. The summed E-state index contributed by atoms with van der Waals surface area (Å²) < 4.78 is 71.5. The lowest BCUT2D eigenvalue weighted by Crippen LogP contribution is -2.50. The third-order valence-corrected chi connectivity index (χ3v) is 11.0. The molecule has 0 saturated heterocycles. The fourth-order valence-corrected chi connectivity index (χ4v) is 7.78. The maximum absolute atomic E-state index is 13.5. The van der Waals surface area contributed by atoms with Gasteiger partial charge < -0.3 is 26.0 Å². The van der Waals surface area contributed by atoms with Gasteiger partial charge in [-0.15, -0.1) is 0 Å². The summed E-state index contributed by atoms with van der Waals surface area (Å²) in [4.78, 5) is 15.6. The van der Waals surface area contributed by atoms with Gasteiger partial charge in [0, 0.05) is 55.1 Å². The van der Waals surface area contributed by atoms with Crippen LogP contribution in [0.2, 0.25) is 0 Å². The lowest BCUT2D eigenvalue weighted by atomic mass is 9.85. The molecule has 48 heavy (non-hydrogen) atoms. The number of rotatable bonds is 11. The molecule has 0 bridgehead atoms. The van der Waals surface area contributed by atoms with Crippen LogP contribution in [-0.4, -0.2) is 82.7 Å². The zero-order valence-electron chi connectivity index (χ0n) is 27.0. The van der Waals surface area contributed by atoms with Gasteiger partial charge in [0.2, 0.25) is 0 Å². The summed E-state index contributed by atoms with van der Waals surface area (Å²) in [7, 11) is 1.60. The number of methoxy groups -OCH3 is 1. The molecule has 3 aromatic heterocycles. The number of allylic oxidation sites excluding steroid dienone is 1. The second kappa shape index (κ2) is 13.2. The van der Waals surface area contributed by atoms with Crippen molar-refractivity contribution in [2.24, 2.45) is 11.7 Å². The van der Waals surface area contributed by atoms with Gasteiger partial charge in [-0.3, -0.25) is 4.98 Å². The number of alkyl halides is 3. The Morgan fingerprint density at radius 1 is 1.12 bits per heavy atom. The van der Waals surface area contributed by atoms with Crippen molar-refractivity contribution in [1.82, 2.24) is 39.7 Å². The Morgan fingerprint density at radius 2 is 1.88 bits per heavy atom. The Kier molecular flexibility index (Phi) is 9.37. The first-order chi connectivity index (χ1) is 22.8. The number of ether oxygens (including phenoxy) is 1. The summed E-state index contributed by atoms with van der Waals surface area (Å²) in [5.41, 5.74) is 8.08. The molecule has 12 nitrogen and oxygen atoms in total. The van der Waals surface area contributed by atoms with Gasteiger partial charge in [0.1, 0.15) is 0 Å². The maximum atomic E-state index is 13.5. The zero-order valence-corrected chi connectivity index (χ0v) is 27.8. The minimum Gasteiger partial charge on any atom is -0.382 e. The molecule has 2 unspecified atom stereocenters. The Morgan fingerprint density at radius 3 is 2.50 bits per heavy atom. The van der Waals surface area contributed by atoms with E-state index in [0.29, 0.717) is 47.0 Å². The number of pyridine rings is 1. The average Bonchev–Trinajstić information content (AvgIpc) is 3.79. The molecule has 6 rings (SSSR count). The predicted molar refractivity (Wildman–Crippen MR) is 173 cm³/mol. The highest BCUT2D eigenvalue weighted by Gasteiger charge is 2.42. The monoisotopic (exact) mass is 687 g/mol. The molecule has 2 aliphatic carbocycles. The van der Waals surface area contributed by atoms with E-state index in [1.54, 1.807) is 24.5 Å². The zero-order chi connectivity index (χ0) is 34.3. The molecule has 4 heterocycles. The molecule has 0 spiro atoms. The lowest BCUT2D eigenvalue weighted by Gasteiger charge is -2.36. The summed E-state index contributed by atoms with van der Waals surface area (Å²) >= 11 is 0. The van der Waals surface area contributed by atoms with E-state index in [-0.39, 0.29) is 17.4 Å². The van der Waals surface area contributed by atoms with Crippen LogP contribution in [0.5, 0.6) is 0 Å². The van der Waals surface area contributed by atoms with Crippen LogP contribution in [0.25, 0.3) is 17.0 Å². The molecule has 2 saturated carbocycles. The first-order valence-electron chi connectivity index (χ1n) is 15.9. The van der Waals surface area contributed by atoms with Crippen LogP contribution in [0.3, 0.4) is 0 Å². The predicted octanol–water partition coefficient (Wildman–Crippen LogP) is 3.67. The molecule has 0 radical (unpaired) electrons. The van der Waals surface area contributed by atoms with E-state index < -0.39 is 33.2 Å². The molecule has 258 valence electrons. The van der Waals surface area contributed by atoms with Gasteiger partial charge in [0.05, 0.1) is 34.6 Å². The molecule has 2 fully saturated rings. The SMILES string of the molecule is COC(c1ccc(C2=CNC(N)(c3ccnc(-c4cnn(S(=O)(=O)C5CC5)c4)n3)C=C2NC2CCC(CN(C)C)CC2)nc1)C(F)(F)F. The van der Waals surface area contributed by atoms with Crippen molar-refractivity contribution in [2.45, 2.75) is 67.8 Å². The molecule has 4 N–H and O–H groups in total. The molecule has 1 aliphatic heterocycles. The first-order valence-corrected chi connectivity index (χ1v) is 17.4. The molecule has 3 aromatic rings. The number of dihydropyridines is 1. The second-order valence-corrected chi connectivity index (χ2v) is 15.1. The first kappa shape index (κ1) is 34.0. The van der Waals surface area contributed by atoms with Crippen LogP contribution >= 0.6 is 0 Å². The van der Waals surface area contributed by atoms with Crippen LogP contribution in [0.4, 0.5) is 13.2 Å². The minimum absolute atomic E-state index is 0.106. The average molecular weight is 688 g/mol. The Balaban J connectivity index is 1.29. The van der Waals surface area contributed by atoms with Gasteiger partial charge >= 0.3 is 6.18 Å². The number of halogens is 3. The van der Waals surface area contributed by atoms with Gasteiger partial charge in [0.15, 0.2) is 17.6 Å². The number of hydrogen-bond acceptors (Lipinski definition) is 11. The van der Waals surface area contributed by atoms with E-state index in [1.807, 2.05) is 0 Å². The van der Waals surface area contributed by atoms with Gasteiger partial charge in [0.25, 0.3) is 10.0 Å². The van der Waals surface area contributed by atoms with Crippen molar-refractivity contribution in [3.05, 3.63) is 77.9 Å². The third-order valence-electron chi connectivity index (χ3n) is 8.95. The lowest BCUT2D eigenvalue weighted by molar-refractivity contribution is -0.216. The topological polar surface area (TPSA) is 153 Å². The fourth-order valence-electron chi connectivity index (χ4n) is 6.31. The minimum atomic E-state index is -4.58. The number of hydrogen-bond donors (Lipinski definition) is 3. The Labute approximate surface area is 277 Å². The Bertz CT molecular complexity index is 1780. The highest BCUT2D eigenvalue weighted by molar-refractivity contribution is 7.90. The molecule has 0 aromatic carbocycles. The normalized spacial score (nSPS) is 24.1. The summed E-state index contributed by atoms with van der Waals surface area (Å²) in [6.45, 7) is 1.02. The summed E-state index contributed by atoms with van der Waals surface area (Å²) in [5.74, 6) is 0.853. The van der Waals surface area contributed by atoms with E-state index in [1.165, 1.54) is 30.7 Å². The molecule has 3 aliphatic rings. The van der Waals surface area contributed by atoms with Crippen molar-refractivity contribution >= 4 is 15.6 Å². The third kappa shape index (κ3) is 7.26. The van der Waals surface area contributed by atoms with Crippen LogP contribution in [0, 0.1) is 5.92 Å². The van der Waals surface area contributed by atoms with Gasteiger partial charge in [-0.2, -0.15) is 22.4 Å². The molecule has 2 atom stereocenters. The van der Waals surface area contributed by atoms with E-state index >= 15 is 0 Å².